The van der Waals surface area contributed by atoms with Gasteiger partial charge in [0.15, 0.2) is 11.4 Å². The first-order valence-electron chi connectivity index (χ1n) is 6.78. The molecular weight excluding hydrogens is 326 g/mol. The van der Waals surface area contributed by atoms with E-state index in [2.05, 4.69) is 15.1 Å². The van der Waals surface area contributed by atoms with Crippen LogP contribution in [0.4, 0.5) is 0 Å². The molecule has 0 saturated carbocycles. The molecule has 2 aromatic heterocycles. The monoisotopic (exact) mass is 339 g/mol. The van der Waals surface area contributed by atoms with Gasteiger partial charge in [0.2, 0.25) is 5.89 Å². The number of fused-ring (bicyclic) bond motifs is 1. The van der Waals surface area contributed by atoms with Gasteiger partial charge in [0.1, 0.15) is 11.6 Å². The zero-order valence-electron chi connectivity index (χ0n) is 12.1. The van der Waals surface area contributed by atoms with Crippen LogP contribution in [-0.4, -0.2) is 21.7 Å². The molecule has 0 fully saturated rings. The highest BCUT2D eigenvalue weighted by atomic mass is 35.5. The number of ether oxygens (including phenoxy) is 1. The summed E-state index contributed by atoms with van der Waals surface area (Å²) in [4.78, 5) is 8.65. The number of thioether (sulfide) groups is 1. The largest absolute Gasteiger partial charge is 0.431 e. The highest BCUT2D eigenvalue weighted by molar-refractivity contribution is 7.98. The summed E-state index contributed by atoms with van der Waals surface area (Å²) >= 11 is 7.31. The zero-order chi connectivity index (χ0) is 15.5. The van der Waals surface area contributed by atoms with Crippen molar-refractivity contribution >= 4 is 34.5 Å². The predicted molar refractivity (Wildman–Crippen MR) is 82.9 cm³/mol. The molecule has 3 rings (SSSR count). The summed E-state index contributed by atoms with van der Waals surface area (Å²) in [7, 11) is 0. The molecule has 3 aromatic rings. The van der Waals surface area contributed by atoms with E-state index in [-0.39, 0.29) is 6.10 Å². The lowest BCUT2D eigenvalue weighted by molar-refractivity contribution is 0.0683. The van der Waals surface area contributed by atoms with Gasteiger partial charge in [-0.05, 0) is 32.0 Å². The second kappa shape index (κ2) is 6.68. The van der Waals surface area contributed by atoms with E-state index in [9.17, 15) is 0 Å². The third-order valence-electron chi connectivity index (χ3n) is 2.91. The van der Waals surface area contributed by atoms with Crippen LogP contribution in [0, 0.1) is 0 Å². The third-order valence-corrected chi connectivity index (χ3v) is 3.96. The van der Waals surface area contributed by atoms with E-state index in [1.807, 2.05) is 13.8 Å². The van der Waals surface area contributed by atoms with Crippen LogP contribution in [0.3, 0.4) is 0 Å². The van der Waals surface area contributed by atoms with Crippen molar-refractivity contribution in [3.8, 4) is 0 Å². The molecule has 0 aliphatic carbocycles. The fourth-order valence-electron chi connectivity index (χ4n) is 1.88. The molecule has 0 N–H and O–H groups in total. The number of hydrogen-bond acceptors (Lipinski definition) is 7. The molecule has 0 spiro atoms. The van der Waals surface area contributed by atoms with Crippen LogP contribution in [0.1, 0.15) is 31.7 Å². The van der Waals surface area contributed by atoms with Gasteiger partial charge in [0.25, 0.3) is 5.22 Å². The number of hydrogen-bond donors (Lipinski definition) is 0. The van der Waals surface area contributed by atoms with Crippen LogP contribution in [0.5, 0.6) is 0 Å². The average molecular weight is 340 g/mol. The molecule has 0 bridgehead atoms. The van der Waals surface area contributed by atoms with Crippen LogP contribution in [-0.2, 0) is 10.5 Å². The Morgan fingerprint density at radius 1 is 1.36 bits per heavy atom. The van der Waals surface area contributed by atoms with Crippen LogP contribution >= 0.6 is 23.4 Å². The minimum Gasteiger partial charge on any atom is -0.431 e. The Morgan fingerprint density at radius 3 is 3.05 bits per heavy atom. The Hall–Kier alpha value is -1.57. The zero-order valence-corrected chi connectivity index (χ0v) is 13.6. The van der Waals surface area contributed by atoms with Gasteiger partial charge in [-0.15, -0.1) is 0 Å². The van der Waals surface area contributed by atoms with E-state index in [0.717, 1.165) is 5.52 Å². The first-order chi connectivity index (χ1) is 10.7. The number of benzene rings is 1. The van der Waals surface area contributed by atoms with Crippen molar-refractivity contribution in [2.75, 3.05) is 6.61 Å². The number of halogens is 1. The summed E-state index contributed by atoms with van der Waals surface area (Å²) in [6, 6.07) is 5.32. The molecule has 0 aliphatic heterocycles. The predicted octanol–water partition coefficient (Wildman–Crippen LogP) is 4.25. The first-order valence-corrected chi connectivity index (χ1v) is 8.15. The van der Waals surface area contributed by atoms with Crippen molar-refractivity contribution < 1.29 is 13.7 Å². The quantitative estimate of drug-likeness (QED) is 0.621. The molecule has 0 saturated heterocycles. The molecule has 1 atom stereocenters. The maximum Gasteiger partial charge on any atom is 0.257 e. The Balaban J connectivity index is 1.66. The van der Waals surface area contributed by atoms with Crippen molar-refractivity contribution in [2.24, 2.45) is 0 Å². The van der Waals surface area contributed by atoms with Gasteiger partial charge in [0.05, 0.1) is 5.75 Å². The summed E-state index contributed by atoms with van der Waals surface area (Å²) in [5, 5.41) is 5.07. The normalized spacial score (nSPS) is 12.9. The standard InChI is InChI=1S/C14H14ClN3O3S/c1-3-19-8(2)13-17-12(21-18-13)7-22-14-16-10-6-9(15)4-5-11(10)20-14/h4-6,8H,3,7H2,1-2H3. The van der Waals surface area contributed by atoms with Crippen LogP contribution in [0.15, 0.2) is 32.4 Å². The van der Waals surface area contributed by atoms with E-state index in [1.165, 1.54) is 11.8 Å². The second-order valence-corrected chi connectivity index (χ2v) is 5.89. The van der Waals surface area contributed by atoms with E-state index in [0.29, 0.717) is 39.9 Å². The van der Waals surface area contributed by atoms with Crippen LogP contribution < -0.4 is 0 Å². The molecule has 1 aromatic carbocycles. The molecule has 1 unspecified atom stereocenters. The lowest BCUT2D eigenvalue weighted by Gasteiger charge is -2.04. The molecule has 22 heavy (non-hydrogen) atoms. The Bertz CT molecular complexity index is 774. The lowest BCUT2D eigenvalue weighted by atomic mass is 10.3. The van der Waals surface area contributed by atoms with E-state index in [1.54, 1.807) is 18.2 Å². The summed E-state index contributed by atoms with van der Waals surface area (Å²) in [5.74, 6) is 1.53. The molecule has 2 heterocycles. The summed E-state index contributed by atoms with van der Waals surface area (Å²) in [5.41, 5.74) is 1.43. The molecule has 0 amide bonds. The minimum atomic E-state index is -0.182. The summed E-state index contributed by atoms with van der Waals surface area (Å²) in [6.45, 7) is 4.41. The maximum absolute atomic E-state index is 5.93. The van der Waals surface area contributed by atoms with Gasteiger partial charge in [-0.3, -0.25) is 0 Å². The Morgan fingerprint density at radius 2 is 2.23 bits per heavy atom. The fourth-order valence-corrected chi connectivity index (χ4v) is 2.72. The van der Waals surface area contributed by atoms with Crippen molar-refractivity contribution in [1.29, 1.82) is 0 Å². The van der Waals surface area contributed by atoms with Crippen molar-refractivity contribution in [3.63, 3.8) is 0 Å². The average Bonchev–Trinajstić information content (AvgIpc) is 3.11. The summed E-state index contributed by atoms with van der Waals surface area (Å²) in [6.07, 6.45) is -0.182. The van der Waals surface area contributed by atoms with E-state index in [4.69, 9.17) is 25.3 Å². The third kappa shape index (κ3) is 3.43. The molecule has 8 heteroatoms. The lowest BCUT2D eigenvalue weighted by Crippen LogP contribution is -2.01. The Labute approximate surface area is 136 Å². The van der Waals surface area contributed by atoms with Gasteiger partial charge in [-0.1, -0.05) is 28.5 Å². The molecule has 0 radical (unpaired) electrons. The van der Waals surface area contributed by atoms with Gasteiger partial charge in [-0.25, -0.2) is 4.98 Å². The number of oxazole rings is 1. The van der Waals surface area contributed by atoms with Crippen LogP contribution in [0.2, 0.25) is 5.02 Å². The van der Waals surface area contributed by atoms with Gasteiger partial charge >= 0.3 is 0 Å². The smallest absolute Gasteiger partial charge is 0.257 e. The fraction of sp³-hybridized carbons (Fsp3) is 0.357. The highest BCUT2D eigenvalue weighted by Gasteiger charge is 2.15. The first kappa shape index (κ1) is 15.3. The number of rotatable bonds is 6. The highest BCUT2D eigenvalue weighted by Crippen LogP contribution is 2.27. The number of aromatic nitrogens is 3. The minimum absolute atomic E-state index is 0.182. The van der Waals surface area contributed by atoms with Crippen LogP contribution in [0.25, 0.3) is 11.1 Å². The molecular formula is C14H14ClN3O3S. The Kier molecular flexibility index (Phi) is 4.66. The van der Waals surface area contributed by atoms with Gasteiger partial charge in [0, 0.05) is 11.6 Å². The van der Waals surface area contributed by atoms with Gasteiger partial charge in [-0.2, -0.15) is 4.98 Å². The molecule has 116 valence electrons. The second-order valence-electron chi connectivity index (χ2n) is 4.52. The van der Waals surface area contributed by atoms with Gasteiger partial charge < -0.3 is 13.7 Å². The SMILES string of the molecule is CCOC(C)c1noc(CSc2nc3cc(Cl)ccc3o2)n1. The molecule has 0 aliphatic rings. The van der Waals surface area contributed by atoms with E-state index < -0.39 is 0 Å². The summed E-state index contributed by atoms with van der Waals surface area (Å²) < 4.78 is 16.2. The maximum atomic E-state index is 5.93. The topological polar surface area (TPSA) is 74.2 Å². The van der Waals surface area contributed by atoms with E-state index >= 15 is 0 Å². The molecule has 6 nitrogen and oxygen atoms in total. The number of nitrogens with zero attached hydrogens (tertiary/aromatic N) is 3. The van der Waals surface area contributed by atoms with Crippen molar-refractivity contribution in [1.82, 2.24) is 15.1 Å². The van der Waals surface area contributed by atoms with Crippen molar-refractivity contribution in [2.45, 2.75) is 30.9 Å². The van der Waals surface area contributed by atoms with Crippen molar-refractivity contribution in [3.05, 3.63) is 34.9 Å².